The molecule has 0 amide bonds. The van der Waals surface area contributed by atoms with E-state index >= 15 is 0 Å². The number of ether oxygens (including phenoxy) is 1. The van der Waals surface area contributed by atoms with Crippen LogP contribution in [0.25, 0.3) is 0 Å². The van der Waals surface area contributed by atoms with Gasteiger partial charge in [0.25, 0.3) is 5.69 Å². The summed E-state index contributed by atoms with van der Waals surface area (Å²) >= 11 is 3.24. The van der Waals surface area contributed by atoms with Crippen molar-refractivity contribution in [1.29, 1.82) is 0 Å². The molecule has 1 rings (SSSR count). The number of rotatable bonds is 7. The van der Waals surface area contributed by atoms with Gasteiger partial charge in [0, 0.05) is 12.0 Å². The minimum atomic E-state index is -3.60. The topological polar surface area (TPSA) is 113 Å². The highest BCUT2D eigenvalue weighted by Crippen LogP contribution is 2.30. The summed E-state index contributed by atoms with van der Waals surface area (Å²) in [4.78, 5) is 10.2. The molecule has 2 N–H and O–H groups in total. The molecule has 1 atom stereocenters. The number of nitro benzene ring substituents is 1. The Kier molecular flexibility index (Phi) is 6.11. The third kappa shape index (κ3) is 5.98. The molecular weight excluding hydrogens is 364 g/mol. The Labute approximate surface area is 131 Å². The number of sulfonamides is 1. The second kappa shape index (κ2) is 7.19. The van der Waals surface area contributed by atoms with Crippen LogP contribution in [0, 0.1) is 22.0 Å². The van der Waals surface area contributed by atoms with Crippen LogP contribution in [0.4, 0.5) is 5.69 Å². The number of benzene rings is 1. The fraction of sp³-hybridized carbons (Fsp3) is 0.500. The molecule has 21 heavy (non-hydrogen) atoms. The van der Waals surface area contributed by atoms with E-state index in [2.05, 4.69) is 15.9 Å². The molecule has 0 spiro atoms. The maximum atomic E-state index is 11.2. The van der Waals surface area contributed by atoms with Crippen LogP contribution in [-0.4, -0.2) is 25.7 Å². The van der Waals surface area contributed by atoms with Crippen LogP contribution in [0.15, 0.2) is 22.7 Å². The van der Waals surface area contributed by atoms with Crippen molar-refractivity contribution in [2.75, 3.05) is 12.4 Å². The molecule has 0 saturated heterocycles. The highest BCUT2D eigenvalue weighted by atomic mass is 79.9. The Morgan fingerprint density at radius 1 is 1.43 bits per heavy atom. The van der Waals surface area contributed by atoms with Gasteiger partial charge in [-0.25, -0.2) is 13.6 Å². The molecule has 0 aliphatic carbocycles. The summed E-state index contributed by atoms with van der Waals surface area (Å²) in [5.74, 6) is -0.159. The summed E-state index contributed by atoms with van der Waals surface area (Å²) in [5.41, 5.74) is -0.0965. The number of hydrogen-bond acceptors (Lipinski definition) is 5. The van der Waals surface area contributed by atoms with Gasteiger partial charge in [-0.2, -0.15) is 0 Å². The third-order valence-corrected chi connectivity index (χ3v) is 4.52. The quantitative estimate of drug-likeness (QED) is 0.575. The predicted molar refractivity (Wildman–Crippen MR) is 82.6 cm³/mol. The van der Waals surface area contributed by atoms with Gasteiger partial charge in [-0.05, 0) is 27.9 Å². The van der Waals surface area contributed by atoms with Crippen molar-refractivity contribution in [2.24, 2.45) is 17.0 Å². The van der Waals surface area contributed by atoms with E-state index in [-0.39, 0.29) is 29.9 Å². The van der Waals surface area contributed by atoms with Gasteiger partial charge in [-0.3, -0.25) is 10.1 Å². The van der Waals surface area contributed by atoms with Gasteiger partial charge in [-0.1, -0.05) is 13.8 Å². The molecule has 0 radical (unpaired) electrons. The second-order valence-corrected chi connectivity index (χ2v) is 7.53. The number of nitro groups is 1. The van der Waals surface area contributed by atoms with E-state index in [1.54, 1.807) is 0 Å². The first-order valence-electron chi connectivity index (χ1n) is 6.17. The smallest absolute Gasteiger partial charge is 0.273 e. The molecule has 1 aromatic rings. The van der Waals surface area contributed by atoms with E-state index < -0.39 is 14.9 Å². The summed E-state index contributed by atoms with van der Waals surface area (Å²) in [7, 11) is -3.60. The molecule has 0 fully saturated rings. The minimum absolute atomic E-state index is 0.0424. The number of primary sulfonamides is 1. The van der Waals surface area contributed by atoms with E-state index in [0.29, 0.717) is 10.2 Å². The molecule has 0 bridgehead atoms. The maximum Gasteiger partial charge on any atom is 0.273 e. The number of halogens is 1. The van der Waals surface area contributed by atoms with Gasteiger partial charge >= 0.3 is 0 Å². The Balaban J connectivity index is 2.85. The van der Waals surface area contributed by atoms with Crippen molar-refractivity contribution >= 4 is 31.6 Å². The van der Waals surface area contributed by atoms with Gasteiger partial charge < -0.3 is 4.74 Å². The van der Waals surface area contributed by atoms with Crippen molar-refractivity contribution in [3.8, 4) is 5.75 Å². The van der Waals surface area contributed by atoms with Gasteiger partial charge in [0.1, 0.15) is 5.75 Å². The van der Waals surface area contributed by atoms with E-state index in [9.17, 15) is 18.5 Å². The first kappa shape index (κ1) is 17.9. The van der Waals surface area contributed by atoms with E-state index in [0.717, 1.165) is 0 Å². The molecule has 0 heterocycles. The van der Waals surface area contributed by atoms with Gasteiger partial charge in [-0.15, -0.1) is 0 Å². The third-order valence-electron chi connectivity index (χ3n) is 2.97. The van der Waals surface area contributed by atoms with Gasteiger partial charge in [0.15, 0.2) is 0 Å². The zero-order chi connectivity index (χ0) is 16.2. The number of nitrogens with zero attached hydrogens (tertiary/aromatic N) is 1. The lowest BCUT2D eigenvalue weighted by molar-refractivity contribution is -0.385. The van der Waals surface area contributed by atoms with Crippen LogP contribution in [0.5, 0.6) is 5.75 Å². The lowest BCUT2D eigenvalue weighted by Crippen LogP contribution is -2.30. The summed E-state index contributed by atoms with van der Waals surface area (Å²) in [5, 5.41) is 15.8. The average Bonchev–Trinajstić information content (AvgIpc) is 2.34. The van der Waals surface area contributed by atoms with Gasteiger partial charge in [0.05, 0.1) is 27.8 Å². The van der Waals surface area contributed by atoms with E-state index in [1.807, 2.05) is 13.8 Å². The fourth-order valence-electron chi connectivity index (χ4n) is 1.64. The molecule has 0 aromatic heterocycles. The molecule has 1 unspecified atom stereocenters. The van der Waals surface area contributed by atoms with Crippen molar-refractivity contribution in [2.45, 2.75) is 13.8 Å². The normalized spacial score (nSPS) is 13.2. The molecule has 9 heteroatoms. The van der Waals surface area contributed by atoms with Crippen LogP contribution >= 0.6 is 15.9 Å². The summed E-state index contributed by atoms with van der Waals surface area (Å²) in [6.45, 7) is 3.83. The second-order valence-electron chi connectivity index (χ2n) is 5.02. The van der Waals surface area contributed by atoms with Crippen LogP contribution < -0.4 is 9.88 Å². The zero-order valence-corrected chi connectivity index (χ0v) is 14.1. The van der Waals surface area contributed by atoms with E-state index in [1.165, 1.54) is 18.2 Å². The van der Waals surface area contributed by atoms with Crippen molar-refractivity contribution in [1.82, 2.24) is 0 Å². The Morgan fingerprint density at radius 2 is 2.05 bits per heavy atom. The highest BCUT2D eigenvalue weighted by molar-refractivity contribution is 9.10. The van der Waals surface area contributed by atoms with Crippen molar-refractivity contribution in [3.63, 3.8) is 0 Å². The Morgan fingerprint density at radius 3 is 2.52 bits per heavy atom. The highest BCUT2D eigenvalue weighted by Gasteiger charge is 2.21. The minimum Gasteiger partial charge on any atom is -0.492 e. The molecule has 1 aromatic carbocycles. The Bertz CT molecular complexity index is 618. The molecule has 7 nitrogen and oxygen atoms in total. The lowest BCUT2D eigenvalue weighted by atomic mass is 9.99. The summed E-state index contributed by atoms with van der Waals surface area (Å²) in [6.07, 6.45) is 0. The van der Waals surface area contributed by atoms with Crippen molar-refractivity contribution in [3.05, 3.63) is 32.8 Å². The maximum absolute atomic E-state index is 11.2. The SMILES string of the molecule is CC(C)C(COc1cc([N+](=O)[O-])ccc1Br)CS(N)(=O)=O. The van der Waals surface area contributed by atoms with Gasteiger partial charge in [0.2, 0.25) is 10.0 Å². The van der Waals surface area contributed by atoms with Crippen LogP contribution in [0.3, 0.4) is 0 Å². The standard InChI is InChI=1S/C12H17BrN2O5S/c1-8(2)9(7-21(14,18)19)6-20-12-5-10(15(16)17)3-4-11(12)13/h3-5,8-9H,6-7H2,1-2H3,(H2,14,18,19). The molecule has 0 aliphatic heterocycles. The van der Waals surface area contributed by atoms with E-state index in [4.69, 9.17) is 9.88 Å². The lowest BCUT2D eigenvalue weighted by Gasteiger charge is -2.20. The average molecular weight is 381 g/mol. The summed E-state index contributed by atoms with van der Waals surface area (Å²) < 4.78 is 28.5. The monoisotopic (exact) mass is 380 g/mol. The molecular formula is C12H17BrN2O5S. The molecule has 0 aliphatic rings. The number of hydrogen-bond donors (Lipinski definition) is 1. The van der Waals surface area contributed by atoms with Crippen LogP contribution in [0.1, 0.15) is 13.8 Å². The Hall–Kier alpha value is -1.19. The largest absolute Gasteiger partial charge is 0.492 e. The van der Waals surface area contributed by atoms with Crippen LogP contribution in [-0.2, 0) is 10.0 Å². The fourth-order valence-corrected chi connectivity index (χ4v) is 3.08. The zero-order valence-electron chi connectivity index (χ0n) is 11.7. The predicted octanol–water partition coefficient (Wildman–Crippen LogP) is 2.30. The molecule has 0 saturated carbocycles. The molecule has 118 valence electrons. The first-order valence-corrected chi connectivity index (χ1v) is 8.68. The number of nitrogens with two attached hydrogens (primary N) is 1. The summed E-state index contributed by atoms with van der Waals surface area (Å²) in [6, 6.07) is 4.15. The van der Waals surface area contributed by atoms with Crippen molar-refractivity contribution < 1.29 is 18.1 Å². The first-order chi connectivity index (χ1) is 9.60. The number of non-ortho nitro benzene ring substituents is 1. The van der Waals surface area contributed by atoms with Crippen LogP contribution in [0.2, 0.25) is 0 Å².